The molecular formula is C19H17N3O5. The lowest BCUT2D eigenvalue weighted by Gasteiger charge is -2.19. The van der Waals surface area contributed by atoms with E-state index in [0.717, 1.165) is 0 Å². The van der Waals surface area contributed by atoms with E-state index in [9.17, 15) is 9.59 Å². The lowest BCUT2D eigenvalue weighted by Crippen LogP contribution is -2.24. The first-order valence-corrected chi connectivity index (χ1v) is 8.37. The highest BCUT2D eigenvalue weighted by atomic mass is 16.6. The predicted molar refractivity (Wildman–Crippen MR) is 102 cm³/mol. The standard InChI is InChI=1S/C19H17N3O5/c1-20-16-12-4-2-3-5-13(12)27-18(23)17(16)22-19(24)21-11-6-7-14-15(10-11)26-9-8-25-14/h2-7,10,20H,8-9H2,1H3,(H2,21,22,24). The number of nitrogens with one attached hydrogen (secondary N) is 3. The first kappa shape index (κ1) is 16.8. The molecule has 1 aromatic heterocycles. The van der Waals surface area contributed by atoms with Gasteiger partial charge in [-0.15, -0.1) is 0 Å². The van der Waals surface area contributed by atoms with Gasteiger partial charge in [0.2, 0.25) is 0 Å². The Bertz CT molecular complexity index is 1080. The molecule has 2 aromatic carbocycles. The van der Waals surface area contributed by atoms with Crippen molar-refractivity contribution in [3.8, 4) is 11.5 Å². The molecule has 8 nitrogen and oxygen atoms in total. The molecule has 0 saturated carbocycles. The SMILES string of the molecule is CNc1c(NC(=O)Nc2ccc3c(c2)OCCO3)c(=O)oc2ccccc12. The Labute approximate surface area is 154 Å². The minimum Gasteiger partial charge on any atom is -0.486 e. The largest absolute Gasteiger partial charge is 0.486 e. The molecule has 0 bridgehead atoms. The van der Waals surface area contributed by atoms with E-state index >= 15 is 0 Å². The van der Waals surface area contributed by atoms with Gasteiger partial charge in [-0.25, -0.2) is 9.59 Å². The zero-order chi connectivity index (χ0) is 18.8. The second-order valence-corrected chi connectivity index (χ2v) is 5.82. The minimum absolute atomic E-state index is 0.0336. The summed E-state index contributed by atoms with van der Waals surface area (Å²) in [5, 5.41) is 8.87. The van der Waals surface area contributed by atoms with E-state index in [1.165, 1.54) is 0 Å². The normalized spacial score (nSPS) is 12.5. The molecule has 3 N–H and O–H groups in total. The zero-order valence-corrected chi connectivity index (χ0v) is 14.5. The number of hydrogen-bond donors (Lipinski definition) is 3. The molecule has 0 fully saturated rings. The molecular weight excluding hydrogens is 350 g/mol. The summed E-state index contributed by atoms with van der Waals surface area (Å²) in [7, 11) is 1.67. The van der Waals surface area contributed by atoms with Gasteiger partial charge in [0.1, 0.15) is 18.8 Å². The maximum Gasteiger partial charge on any atom is 0.362 e. The van der Waals surface area contributed by atoms with Crippen LogP contribution in [0.25, 0.3) is 11.0 Å². The summed E-state index contributed by atoms with van der Waals surface area (Å²) in [6, 6.07) is 11.6. The monoisotopic (exact) mass is 367 g/mol. The summed E-state index contributed by atoms with van der Waals surface area (Å²) in [5.74, 6) is 1.18. The number of fused-ring (bicyclic) bond motifs is 2. The molecule has 0 atom stereocenters. The third-order valence-corrected chi connectivity index (χ3v) is 4.10. The first-order chi connectivity index (χ1) is 13.2. The van der Waals surface area contributed by atoms with Crippen molar-refractivity contribution in [3.05, 3.63) is 52.9 Å². The number of carbonyl (C=O) groups is 1. The summed E-state index contributed by atoms with van der Waals surface area (Å²) in [4.78, 5) is 24.7. The van der Waals surface area contributed by atoms with Gasteiger partial charge in [-0.2, -0.15) is 0 Å². The van der Waals surface area contributed by atoms with Crippen molar-refractivity contribution in [1.82, 2.24) is 0 Å². The molecule has 2 amide bonds. The van der Waals surface area contributed by atoms with Gasteiger partial charge in [0, 0.05) is 24.2 Å². The van der Waals surface area contributed by atoms with Crippen molar-refractivity contribution in [3.63, 3.8) is 0 Å². The predicted octanol–water partition coefficient (Wildman–Crippen LogP) is 3.25. The van der Waals surface area contributed by atoms with Crippen LogP contribution >= 0.6 is 0 Å². The van der Waals surface area contributed by atoms with Crippen LogP contribution in [0.5, 0.6) is 11.5 Å². The third-order valence-electron chi connectivity index (χ3n) is 4.10. The molecule has 27 heavy (non-hydrogen) atoms. The van der Waals surface area contributed by atoms with Gasteiger partial charge in [0.25, 0.3) is 0 Å². The maximum atomic E-state index is 12.4. The van der Waals surface area contributed by atoms with Gasteiger partial charge in [-0.1, -0.05) is 12.1 Å². The number of anilines is 3. The van der Waals surface area contributed by atoms with Crippen LogP contribution in [0.15, 0.2) is 51.7 Å². The van der Waals surface area contributed by atoms with Gasteiger partial charge in [-0.3, -0.25) is 5.32 Å². The number of para-hydroxylation sites is 1. The topological polar surface area (TPSA) is 102 Å². The highest BCUT2D eigenvalue weighted by Crippen LogP contribution is 2.33. The van der Waals surface area contributed by atoms with Crippen molar-refractivity contribution in [2.24, 2.45) is 0 Å². The summed E-state index contributed by atoms with van der Waals surface area (Å²) < 4.78 is 16.2. The lowest BCUT2D eigenvalue weighted by atomic mass is 10.2. The van der Waals surface area contributed by atoms with Crippen molar-refractivity contribution in [2.45, 2.75) is 0 Å². The molecule has 1 aliphatic heterocycles. The van der Waals surface area contributed by atoms with Crippen LogP contribution in [0.4, 0.5) is 21.9 Å². The van der Waals surface area contributed by atoms with Crippen LogP contribution in [0, 0.1) is 0 Å². The van der Waals surface area contributed by atoms with E-state index in [-0.39, 0.29) is 5.69 Å². The van der Waals surface area contributed by atoms with E-state index in [1.54, 1.807) is 43.4 Å². The molecule has 0 saturated heterocycles. The van der Waals surface area contributed by atoms with Crippen molar-refractivity contribution in [1.29, 1.82) is 0 Å². The Balaban J connectivity index is 1.60. The van der Waals surface area contributed by atoms with Crippen LogP contribution < -0.4 is 31.0 Å². The summed E-state index contributed by atoms with van der Waals surface area (Å²) >= 11 is 0. The fourth-order valence-electron chi connectivity index (χ4n) is 2.92. The fourth-order valence-corrected chi connectivity index (χ4v) is 2.92. The smallest absolute Gasteiger partial charge is 0.362 e. The van der Waals surface area contributed by atoms with Crippen LogP contribution in [0.2, 0.25) is 0 Å². The van der Waals surface area contributed by atoms with Gasteiger partial charge < -0.3 is 24.5 Å². The number of urea groups is 1. The molecule has 1 aliphatic rings. The van der Waals surface area contributed by atoms with Gasteiger partial charge in [0.05, 0.1) is 5.69 Å². The Morgan fingerprint density at radius 1 is 0.963 bits per heavy atom. The van der Waals surface area contributed by atoms with Crippen LogP contribution in [-0.4, -0.2) is 26.3 Å². The first-order valence-electron chi connectivity index (χ1n) is 8.37. The van der Waals surface area contributed by atoms with E-state index in [4.69, 9.17) is 13.9 Å². The number of benzene rings is 2. The lowest BCUT2D eigenvalue weighted by molar-refractivity contribution is 0.171. The molecule has 3 aromatic rings. The Morgan fingerprint density at radius 3 is 2.56 bits per heavy atom. The van der Waals surface area contributed by atoms with Crippen LogP contribution in [-0.2, 0) is 0 Å². The summed E-state index contributed by atoms with van der Waals surface area (Å²) in [6.45, 7) is 0.942. The average Bonchev–Trinajstić information content (AvgIpc) is 2.68. The number of hydrogen-bond acceptors (Lipinski definition) is 6. The van der Waals surface area contributed by atoms with Crippen LogP contribution in [0.3, 0.4) is 0 Å². The van der Waals surface area contributed by atoms with Crippen LogP contribution in [0.1, 0.15) is 0 Å². The fraction of sp³-hybridized carbons (Fsp3) is 0.158. The summed E-state index contributed by atoms with van der Waals surface area (Å²) in [5.41, 5.74) is 0.818. The van der Waals surface area contributed by atoms with E-state index in [0.29, 0.717) is 47.1 Å². The highest BCUT2D eigenvalue weighted by molar-refractivity contribution is 6.05. The molecule has 8 heteroatoms. The highest BCUT2D eigenvalue weighted by Gasteiger charge is 2.17. The van der Waals surface area contributed by atoms with Crippen molar-refractivity contribution >= 4 is 34.1 Å². The molecule has 2 heterocycles. The number of rotatable bonds is 3. The zero-order valence-electron chi connectivity index (χ0n) is 14.5. The molecule has 0 spiro atoms. The Hall–Kier alpha value is -3.68. The minimum atomic E-state index is -0.643. The van der Waals surface area contributed by atoms with E-state index in [2.05, 4.69) is 16.0 Å². The van der Waals surface area contributed by atoms with E-state index in [1.807, 2.05) is 6.07 Å². The third kappa shape index (κ3) is 3.24. The second kappa shape index (κ2) is 6.91. The maximum absolute atomic E-state index is 12.4. The van der Waals surface area contributed by atoms with Gasteiger partial charge in [0.15, 0.2) is 17.2 Å². The molecule has 0 radical (unpaired) electrons. The number of ether oxygens (including phenoxy) is 2. The quantitative estimate of drug-likeness (QED) is 0.614. The molecule has 0 unspecified atom stereocenters. The van der Waals surface area contributed by atoms with Gasteiger partial charge >= 0.3 is 11.7 Å². The molecule has 0 aliphatic carbocycles. The van der Waals surface area contributed by atoms with E-state index < -0.39 is 11.7 Å². The summed E-state index contributed by atoms with van der Waals surface area (Å²) in [6.07, 6.45) is 0. The average molecular weight is 367 g/mol. The van der Waals surface area contributed by atoms with Crippen molar-refractivity contribution in [2.75, 3.05) is 36.2 Å². The number of amides is 2. The Kier molecular flexibility index (Phi) is 4.29. The van der Waals surface area contributed by atoms with Crippen molar-refractivity contribution < 1.29 is 18.7 Å². The molecule has 138 valence electrons. The van der Waals surface area contributed by atoms with Gasteiger partial charge in [-0.05, 0) is 24.3 Å². The Morgan fingerprint density at radius 2 is 1.74 bits per heavy atom. The number of carbonyl (C=O) groups excluding carboxylic acids is 1. The second-order valence-electron chi connectivity index (χ2n) is 5.82. The molecule has 4 rings (SSSR count).